The lowest BCUT2D eigenvalue weighted by molar-refractivity contribution is 0.150. The Kier molecular flexibility index (Phi) is 5.63. The Balaban J connectivity index is 0.00000161. The average Bonchev–Trinajstić information content (AvgIpc) is 2.95. The molecule has 2 saturated heterocycles. The molecule has 1 N–H and O–H groups in total. The number of halogens is 1. The van der Waals surface area contributed by atoms with Gasteiger partial charge in [-0.2, -0.15) is 4.98 Å². The number of piperidine rings is 1. The summed E-state index contributed by atoms with van der Waals surface area (Å²) >= 11 is 0. The molecule has 2 atom stereocenters. The highest BCUT2D eigenvalue weighted by molar-refractivity contribution is 5.85. The van der Waals surface area contributed by atoms with Crippen molar-refractivity contribution >= 4 is 12.4 Å². The molecule has 3 heterocycles. The van der Waals surface area contributed by atoms with Gasteiger partial charge in [0.15, 0.2) is 5.82 Å². The van der Waals surface area contributed by atoms with E-state index >= 15 is 0 Å². The lowest BCUT2D eigenvalue weighted by Crippen LogP contribution is -2.46. The number of hydrogen-bond donors (Lipinski definition) is 1. The van der Waals surface area contributed by atoms with E-state index in [4.69, 9.17) is 4.52 Å². The molecule has 0 aromatic carbocycles. The highest BCUT2D eigenvalue weighted by atomic mass is 35.5. The van der Waals surface area contributed by atoms with Crippen LogP contribution < -0.4 is 5.32 Å². The normalized spacial score (nSPS) is 28.1. The van der Waals surface area contributed by atoms with Crippen LogP contribution in [-0.2, 0) is 13.0 Å². The molecule has 0 saturated carbocycles. The summed E-state index contributed by atoms with van der Waals surface area (Å²) in [6.07, 6.45) is 6.08. The van der Waals surface area contributed by atoms with E-state index in [9.17, 15) is 0 Å². The van der Waals surface area contributed by atoms with Crippen molar-refractivity contribution < 1.29 is 4.52 Å². The van der Waals surface area contributed by atoms with Gasteiger partial charge in [-0.25, -0.2) is 0 Å². The Morgan fingerprint density at radius 3 is 2.57 bits per heavy atom. The SMILES string of the molecule is CC(C)Cc1noc(CN(C)C2CC3CCC(C2)N3)n1.Cl. The molecule has 1 aromatic heterocycles. The number of aromatic nitrogens is 2. The number of rotatable bonds is 5. The summed E-state index contributed by atoms with van der Waals surface area (Å²) in [5.74, 6) is 2.17. The second-order valence-electron chi connectivity index (χ2n) is 6.88. The standard InChI is InChI=1S/C15H26N4O.ClH/c1-10(2)6-14-17-15(20-18-14)9-19(3)13-7-11-4-5-12(8-13)16-11;/h10-13,16H,4-9H2,1-3H3;1H. The van der Waals surface area contributed by atoms with Crippen molar-refractivity contribution in [1.82, 2.24) is 20.4 Å². The fraction of sp³-hybridized carbons (Fsp3) is 0.867. The summed E-state index contributed by atoms with van der Waals surface area (Å²) < 4.78 is 5.38. The van der Waals surface area contributed by atoms with Crippen molar-refractivity contribution in [1.29, 1.82) is 0 Å². The van der Waals surface area contributed by atoms with Crippen LogP contribution >= 0.6 is 12.4 Å². The molecule has 0 aliphatic carbocycles. The van der Waals surface area contributed by atoms with Crippen LogP contribution in [0, 0.1) is 5.92 Å². The molecule has 2 aliphatic heterocycles. The fourth-order valence-electron chi connectivity index (χ4n) is 3.53. The van der Waals surface area contributed by atoms with Gasteiger partial charge in [-0.3, -0.25) is 4.90 Å². The van der Waals surface area contributed by atoms with Crippen LogP contribution in [0.5, 0.6) is 0 Å². The van der Waals surface area contributed by atoms with Crippen molar-refractivity contribution in [3.63, 3.8) is 0 Å². The molecule has 2 unspecified atom stereocenters. The first-order chi connectivity index (χ1) is 9.60. The maximum atomic E-state index is 5.38. The molecule has 6 heteroatoms. The quantitative estimate of drug-likeness (QED) is 0.904. The minimum absolute atomic E-state index is 0. The van der Waals surface area contributed by atoms with Crippen LogP contribution in [0.1, 0.15) is 51.2 Å². The summed E-state index contributed by atoms with van der Waals surface area (Å²) in [7, 11) is 2.18. The summed E-state index contributed by atoms with van der Waals surface area (Å²) in [6.45, 7) is 5.12. The van der Waals surface area contributed by atoms with Crippen LogP contribution in [0.4, 0.5) is 0 Å². The van der Waals surface area contributed by atoms with Gasteiger partial charge in [0.2, 0.25) is 5.89 Å². The van der Waals surface area contributed by atoms with E-state index in [-0.39, 0.29) is 12.4 Å². The van der Waals surface area contributed by atoms with E-state index in [0.717, 1.165) is 36.8 Å². The van der Waals surface area contributed by atoms with Crippen molar-refractivity contribution in [2.45, 2.75) is 70.6 Å². The Morgan fingerprint density at radius 1 is 1.29 bits per heavy atom. The topological polar surface area (TPSA) is 54.2 Å². The fourth-order valence-corrected chi connectivity index (χ4v) is 3.53. The van der Waals surface area contributed by atoms with Gasteiger partial charge in [0.05, 0.1) is 6.54 Å². The molecule has 0 spiro atoms. The third-order valence-corrected chi connectivity index (χ3v) is 4.56. The van der Waals surface area contributed by atoms with Crippen molar-refractivity contribution in [3.05, 3.63) is 11.7 Å². The van der Waals surface area contributed by atoms with Crippen LogP contribution in [-0.4, -0.2) is 40.2 Å². The third kappa shape index (κ3) is 4.18. The molecule has 3 rings (SSSR count). The van der Waals surface area contributed by atoms with Crippen LogP contribution in [0.15, 0.2) is 4.52 Å². The number of fused-ring (bicyclic) bond motifs is 2. The Morgan fingerprint density at radius 2 is 1.95 bits per heavy atom. The van der Waals surface area contributed by atoms with Gasteiger partial charge in [-0.15, -0.1) is 12.4 Å². The van der Waals surface area contributed by atoms with Crippen LogP contribution in [0.2, 0.25) is 0 Å². The molecule has 0 amide bonds. The van der Waals surface area contributed by atoms with Gasteiger partial charge in [0, 0.05) is 24.5 Å². The van der Waals surface area contributed by atoms with Gasteiger partial charge in [0.25, 0.3) is 0 Å². The molecular weight excluding hydrogens is 288 g/mol. The third-order valence-electron chi connectivity index (χ3n) is 4.56. The first-order valence-corrected chi connectivity index (χ1v) is 7.88. The van der Waals surface area contributed by atoms with Crippen molar-refractivity contribution in [3.8, 4) is 0 Å². The maximum absolute atomic E-state index is 5.38. The van der Waals surface area contributed by atoms with E-state index in [1.165, 1.54) is 25.7 Å². The van der Waals surface area contributed by atoms with Gasteiger partial charge >= 0.3 is 0 Å². The Bertz CT molecular complexity index is 439. The average molecular weight is 315 g/mol. The van der Waals surface area contributed by atoms with E-state index in [2.05, 4.69) is 41.3 Å². The second kappa shape index (κ2) is 7.07. The summed E-state index contributed by atoms with van der Waals surface area (Å²) in [4.78, 5) is 6.89. The van der Waals surface area contributed by atoms with Gasteiger partial charge in [-0.1, -0.05) is 19.0 Å². The van der Waals surface area contributed by atoms with E-state index in [0.29, 0.717) is 12.0 Å². The molecular formula is C15H27ClN4O. The maximum Gasteiger partial charge on any atom is 0.240 e. The van der Waals surface area contributed by atoms with Gasteiger partial charge in [0.1, 0.15) is 0 Å². The first-order valence-electron chi connectivity index (χ1n) is 7.88. The lowest BCUT2D eigenvalue weighted by Gasteiger charge is -2.34. The zero-order valence-corrected chi connectivity index (χ0v) is 14.0. The van der Waals surface area contributed by atoms with Crippen molar-refractivity contribution in [2.24, 2.45) is 5.92 Å². The van der Waals surface area contributed by atoms with Crippen molar-refractivity contribution in [2.75, 3.05) is 7.05 Å². The zero-order valence-electron chi connectivity index (χ0n) is 13.2. The Hall–Kier alpha value is -0.650. The number of hydrogen-bond acceptors (Lipinski definition) is 5. The molecule has 21 heavy (non-hydrogen) atoms. The number of nitrogens with one attached hydrogen (secondary N) is 1. The molecule has 2 fully saturated rings. The summed E-state index contributed by atoms with van der Waals surface area (Å²) in [5, 5.41) is 7.76. The summed E-state index contributed by atoms with van der Waals surface area (Å²) in [5.41, 5.74) is 0. The van der Waals surface area contributed by atoms with E-state index < -0.39 is 0 Å². The van der Waals surface area contributed by atoms with Crippen LogP contribution in [0.25, 0.3) is 0 Å². The number of nitrogens with zero attached hydrogens (tertiary/aromatic N) is 3. The highest BCUT2D eigenvalue weighted by Gasteiger charge is 2.35. The van der Waals surface area contributed by atoms with E-state index in [1.807, 2.05) is 0 Å². The molecule has 2 aliphatic rings. The monoisotopic (exact) mass is 314 g/mol. The Labute approximate surface area is 133 Å². The predicted molar refractivity (Wildman–Crippen MR) is 84.5 cm³/mol. The van der Waals surface area contributed by atoms with Gasteiger partial charge in [-0.05, 0) is 38.6 Å². The summed E-state index contributed by atoms with van der Waals surface area (Å²) in [6, 6.07) is 2.09. The van der Waals surface area contributed by atoms with E-state index in [1.54, 1.807) is 0 Å². The zero-order chi connectivity index (χ0) is 14.1. The second-order valence-corrected chi connectivity index (χ2v) is 6.88. The lowest BCUT2D eigenvalue weighted by atomic mass is 9.98. The highest BCUT2D eigenvalue weighted by Crippen LogP contribution is 2.29. The molecule has 1 aromatic rings. The first kappa shape index (κ1) is 16.7. The molecule has 2 bridgehead atoms. The smallest absolute Gasteiger partial charge is 0.240 e. The molecule has 0 radical (unpaired) electrons. The minimum Gasteiger partial charge on any atom is -0.338 e. The predicted octanol–water partition coefficient (Wildman–Crippen LogP) is 2.40. The largest absolute Gasteiger partial charge is 0.338 e. The van der Waals surface area contributed by atoms with Gasteiger partial charge < -0.3 is 9.84 Å². The molecule has 5 nitrogen and oxygen atoms in total. The minimum atomic E-state index is 0. The van der Waals surface area contributed by atoms with Crippen LogP contribution in [0.3, 0.4) is 0 Å². The molecule has 120 valence electrons.